The maximum absolute atomic E-state index is 12.4. The van der Waals surface area contributed by atoms with Gasteiger partial charge < -0.3 is 10.3 Å². The lowest BCUT2D eigenvalue weighted by molar-refractivity contribution is -0.115. The number of nitrogens with two attached hydrogens (primary N) is 1. The fourth-order valence-corrected chi connectivity index (χ4v) is 3.77. The monoisotopic (exact) mass is 394 g/mol. The summed E-state index contributed by atoms with van der Waals surface area (Å²) in [7, 11) is 0. The molecule has 0 spiro atoms. The van der Waals surface area contributed by atoms with Crippen LogP contribution in [-0.2, 0) is 17.8 Å². The number of nitrogens with one attached hydrogen (secondary N) is 1. The maximum Gasteiger partial charge on any atom is 0.275 e. The van der Waals surface area contributed by atoms with Crippen molar-refractivity contribution in [2.75, 3.05) is 11.1 Å². The smallest absolute Gasteiger partial charge is 0.275 e. The molecule has 8 nitrogen and oxygen atoms in total. The summed E-state index contributed by atoms with van der Waals surface area (Å²) in [5, 5.41) is 12.1. The second-order valence-corrected chi connectivity index (χ2v) is 7.92. The van der Waals surface area contributed by atoms with Gasteiger partial charge in [0.25, 0.3) is 5.56 Å². The van der Waals surface area contributed by atoms with Crippen LogP contribution in [0.3, 0.4) is 0 Å². The van der Waals surface area contributed by atoms with E-state index in [4.69, 9.17) is 5.73 Å². The van der Waals surface area contributed by atoms with Gasteiger partial charge in [-0.05, 0) is 13.3 Å². The Morgan fingerprint density at radius 3 is 3.00 bits per heavy atom. The molecule has 0 aliphatic heterocycles. The number of thioether (sulfide) groups is 1. The summed E-state index contributed by atoms with van der Waals surface area (Å²) in [5.74, 6) is 0.0414. The van der Waals surface area contributed by atoms with E-state index in [9.17, 15) is 9.59 Å². The molecule has 0 fully saturated rings. The van der Waals surface area contributed by atoms with Crippen molar-refractivity contribution in [1.82, 2.24) is 19.7 Å². The standard InChI is InChI=1S/C16H22N6O2S2/c1-4-6-7-13-20-21-15(26-13)19-14(24)10(3)25-16-18-12(23)9-11(17)22(16)8-5-2/h5,9-10H,2,4,6-8,17H2,1,3H3,(H,19,21,24). The molecule has 0 bridgehead atoms. The van der Waals surface area contributed by atoms with Gasteiger partial charge in [0.1, 0.15) is 10.8 Å². The first-order valence-corrected chi connectivity index (χ1v) is 9.92. The second kappa shape index (κ2) is 9.48. The molecule has 26 heavy (non-hydrogen) atoms. The molecule has 0 aliphatic rings. The Morgan fingerprint density at radius 2 is 2.31 bits per heavy atom. The number of aryl methyl sites for hydroxylation is 1. The molecule has 140 valence electrons. The molecule has 1 atom stereocenters. The first kappa shape index (κ1) is 20.1. The van der Waals surface area contributed by atoms with Crippen LogP contribution in [0.25, 0.3) is 0 Å². The van der Waals surface area contributed by atoms with E-state index in [1.54, 1.807) is 17.6 Å². The van der Waals surface area contributed by atoms with Crippen LogP contribution in [0.5, 0.6) is 0 Å². The SMILES string of the molecule is C=CCn1c(N)cc(=O)nc1SC(C)C(=O)Nc1nnc(CCCC)s1. The van der Waals surface area contributed by atoms with E-state index in [1.165, 1.54) is 17.4 Å². The Labute approximate surface area is 159 Å². The molecule has 0 saturated heterocycles. The summed E-state index contributed by atoms with van der Waals surface area (Å²) < 4.78 is 1.64. The van der Waals surface area contributed by atoms with Gasteiger partial charge in [0.2, 0.25) is 11.0 Å². The Kier molecular flexibility index (Phi) is 7.34. The average molecular weight is 395 g/mol. The number of anilines is 2. The molecule has 0 saturated carbocycles. The number of nitrogens with zero attached hydrogens (tertiary/aromatic N) is 4. The molecule has 2 rings (SSSR count). The van der Waals surface area contributed by atoms with Gasteiger partial charge in [-0.25, -0.2) is 0 Å². The summed E-state index contributed by atoms with van der Waals surface area (Å²) in [5.41, 5.74) is 5.43. The number of hydrogen-bond acceptors (Lipinski definition) is 8. The molecular formula is C16H22N6O2S2. The lowest BCUT2D eigenvalue weighted by Crippen LogP contribution is -2.25. The van der Waals surface area contributed by atoms with Gasteiger partial charge in [0, 0.05) is 19.0 Å². The summed E-state index contributed by atoms with van der Waals surface area (Å²) >= 11 is 2.53. The highest BCUT2D eigenvalue weighted by molar-refractivity contribution is 8.00. The van der Waals surface area contributed by atoms with E-state index in [0.29, 0.717) is 16.8 Å². The summed E-state index contributed by atoms with van der Waals surface area (Å²) in [6, 6.07) is 1.25. The van der Waals surface area contributed by atoms with Crippen molar-refractivity contribution >= 4 is 40.0 Å². The van der Waals surface area contributed by atoms with Gasteiger partial charge in [0.05, 0.1) is 5.25 Å². The third kappa shape index (κ3) is 5.40. The fourth-order valence-electron chi connectivity index (χ4n) is 2.06. The quantitative estimate of drug-likeness (QED) is 0.381. The van der Waals surface area contributed by atoms with E-state index in [2.05, 4.69) is 34.0 Å². The normalized spacial score (nSPS) is 11.9. The van der Waals surface area contributed by atoms with E-state index < -0.39 is 10.8 Å². The molecule has 2 aromatic heterocycles. The highest BCUT2D eigenvalue weighted by atomic mass is 32.2. The van der Waals surface area contributed by atoms with Gasteiger partial charge in [-0.3, -0.25) is 14.9 Å². The minimum absolute atomic E-state index is 0.241. The third-order valence-electron chi connectivity index (χ3n) is 3.42. The van der Waals surface area contributed by atoms with Gasteiger partial charge in [0.15, 0.2) is 5.16 Å². The number of carbonyl (C=O) groups is 1. The average Bonchev–Trinajstić information content (AvgIpc) is 3.03. The van der Waals surface area contributed by atoms with Gasteiger partial charge >= 0.3 is 0 Å². The topological polar surface area (TPSA) is 116 Å². The number of nitrogen functional groups attached to an aromatic ring is 1. The summed E-state index contributed by atoms with van der Waals surface area (Å²) in [6.07, 6.45) is 4.62. The van der Waals surface area contributed by atoms with Crippen LogP contribution in [0.4, 0.5) is 10.9 Å². The minimum atomic E-state index is -0.497. The zero-order valence-corrected chi connectivity index (χ0v) is 16.4. The Balaban J connectivity index is 2.06. The van der Waals surface area contributed by atoms with Crippen molar-refractivity contribution in [3.8, 4) is 0 Å². The van der Waals surface area contributed by atoms with Crippen molar-refractivity contribution < 1.29 is 4.79 Å². The molecule has 0 aliphatic carbocycles. The highest BCUT2D eigenvalue weighted by Crippen LogP contribution is 2.24. The van der Waals surface area contributed by atoms with E-state index in [1.807, 2.05) is 0 Å². The molecule has 1 amide bonds. The number of aromatic nitrogens is 4. The van der Waals surface area contributed by atoms with Gasteiger partial charge in [-0.1, -0.05) is 42.5 Å². The number of amides is 1. The van der Waals surface area contributed by atoms with Crippen molar-refractivity contribution in [3.63, 3.8) is 0 Å². The summed E-state index contributed by atoms with van der Waals surface area (Å²) in [4.78, 5) is 28.0. The van der Waals surface area contributed by atoms with Crippen LogP contribution in [0.1, 0.15) is 31.7 Å². The van der Waals surface area contributed by atoms with Crippen molar-refractivity contribution in [2.45, 2.75) is 50.1 Å². The van der Waals surface area contributed by atoms with Crippen LogP contribution in [0, 0.1) is 0 Å². The second-order valence-electron chi connectivity index (χ2n) is 5.55. The summed E-state index contributed by atoms with van der Waals surface area (Å²) in [6.45, 7) is 7.90. The predicted octanol–water partition coefficient (Wildman–Crippen LogP) is 2.32. The molecule has 2 aromatic rings. The van der Waals surface area contributed by atoms with Crippen LogP contribution in [0.15, 0.2) is 28.7 Å². The van der Waals surface area contributed by atoms with Crippen molar-refractivity contribution in [1.29, 1.82) is 0 Å². The molecule has 1 unspecified atom stereocenters. The first-order valence-electron chi connectivity index (χ1n) is 8.22. The van der Waals surface area contributed by atoms with Crippen molar-refractivity contribution in [2.24, 2.45) is 0 Å². The number of carbonyl (C=O) groups excluding carboxylic acids is 1. The number of rotatable bonds is 9. The lowest BCUT2D eigenvalue weighted by atomic mass is 10.3. The van der Waals surface area contributed by atoms with Crippen LogP contribution in [-0.4, -0.2) is 30.9 Å². The highest BCUT2D eigenvalue weighted by Gasteiger charge is 2.19. The zero-order chi connectivity index (χ0) is 19.1. The van der Waals surface area contributed by atoms with Crippen LogP contribution in [0.2, 0.25) is 0 Å². The fraction of sp³-hybridized carbons (Fsp3) is 0.438. The molecular weight excluding hydrogens is 372 g/mol. The zero-order valence-electron chi connectivity index (χ0n) is 14.8. The minimum Gasteiger partial charge on any atom is -0.385 e. The number of allylic oxidation sites excluding steroid dienone is 1. The molecule has 2 heterocycles. The van der Waals surface area contributed by atoms with Gasteiger partial charge in [-0.15, -0.1) is 16.8 Å². The molecule has 10 heteroatoms. The third-order valence-corrected chi connectivity index (χ3v) is 5.41. The van der Waals surface area contributed by atoms with E-state index in [0.717, 1.165) is 36.0 Å². The largest absolute Gasteiger partial charge is 0.385 e. The van der Waals surface area contributed by atoms with Crippen molar-refractivity contribution in [3.05, 3.63) is 34.1 Å². The molecule has 0 radical (unpaired) electrons. The van der Waals surface area contributed by atoms with E-state index in [-0.39, 0.29) is 11.7 Å². The van der Waals surface area contributed by atoms with E-state index >= 15 is 0 Å². The van der Waals surface area contributed by atoms with Crippen LogP contribution >= 0.6 is 23.1 Å². The number of hydrogen-bond donors (Lipinski definition) is 2. The lowest BCUT2D eigenvalue weighted by Gasteiger charge is -2.15. The predicted molar refractivity (Wildman–Crippen MR) is 106 cm³/mol. The first-order chi connectivity index (χ1) is 12.4. The number of unbranched alkanes of at least 4 members (excludes halogenated alkanes) is 1. The molecule has 3 N–H and O–H groups in total. The maximum atomic E-state index is 12.4. The Hall–Kier alpha value is -2.20. The van der Waals surface area contributed by atoms with Gasteiger partial charge in [-0.2, -0.15) is 4.98 Å². The molecule has 0 aromatic carbocycles. The van der Waals surface area contributed by atoms with Crippen LogP contribution < -0.4 is 16.6 Å². The Bertz CT molecular complexity index is 832. The Morgan fingerprint density at radius 1 is 1.54 bits per heavy atom.